The lowest BCUT2D eigenvalue weighted by molar-refractivity contribution is 0.0969. The van der Waals surface area contributed by atoms with Crippen LogP contribution in [0.1, 0.15) is 52.3 Å². The SMILES string of the molecule is CCCNc1cc(N2CCC(O)C(C)C2)nc(C(C)C)n1. The molecule has 2 heterocycles. The van der Waals surface area contributed by atoms with E-state index in [-0.39, 0.29) is 12.0 Å². The van der Waals surface area contributed by atoms with Crippen molar-refractivity contribution in [2.75, 3.05) is 29.9 Å². The predicted octanol–water partition coefficient (Wildman–Crippen LogP) is 2.63. The lowest BCUT2D eigenvalue weighted by Crippen LogP contribution is -2.42. The Morgan fingerprint density at radius 1 is 1.43 bits per heavy atom. The van der Waals surface area contributed by atoms with Gasteiger partial charge in [-0.1, -0.05) is 27.7 Å². The summed E-state index contributed by atoms with van der Waals surface area (Å²) in [5, 5.41) is 13.2. The van der Waals surface area contributed by atoms with E-state index >= 15 is 0 Å². The van der Waals surface area contributed by atoms with E-state index in [1.807, 2.05) is 6.07 Å². The Morgan fingerprint density at radius 3 is 2.81 bits per heavy atom. The van der Waals surface area contributed by atoms with Crippen molar-refractivity contribution >= 4 is 11.6 Å². The van der Waals surface area contributed by atoms with Crippen LogP contribution >= 0.6 is 0 Å². The van der Waals surface area contributed by atoms with Crippen molar-refractivity contribution in [3.8, 4) is 0 Å². The average molecular weight is 292 g/mol. The molecule has 0 aromatic carbocycles. The van der Waals surface area contributed by atoms with Gasteiger partial charge in [-0.3, -0.25) is 0 Å². The molecule has 21 heavy (non-hydrogen) atoms. The second-order valence-corrected chi connectivity index (χ2v) is 6.33. The van der Waals surface area contributed by atoms with E-state index in [1.54, 1.807) is 0 Å². The Kier molecular flexibility index (Phi) is 5.39. The van der Waals surface area contributed by atoms with Gasteiger partial charge in [-0.25, -0.2) is 9.97 Å². The number of rotatable bonds is 5. The van der Waals surface area contributed by atoms with Crippen molar-refractivity contribution in [2.24, 2.45) is 5.92 Å². The highest BCUT2D eigenvalue weighted by Crippen LogP contribution is 2.25. The first-order chi connectivity index (χ1) is 10.0. The van der Waals surface area contributed by atoms with E-state index in [2.05, 4.69) is 42.9 Å². The van der Waals surface area contributed by atoms with Crippen molar-refractivity contribution in [1.82, 2.24) is 9.97 Å². The van der Waals surface area contributed by atoms with E-state index in [0.29, 0.717) is 5.92 Å². The molecule has 1 aromatic heterocycles. The van der Waals surface area contributed by atoms with E-state index < -0.39 is 0 Å². The number of aromatic nitrogens is 2. The van der Waals surface area contributed by atoms with Crippen LogP contribution in [0.5, 0.6) is 0 Å². The van der Waals surface area contributed by atoms with Gasteiger partial charge >= 0.3 is 0 Å². The summed E-state index contributed by atoms with van der Waals surface area (Å²) in [6.45, 7) is 11.1. The second kappa shape index (κ2) is 7.07. The molecule has 2 rings (SSSR count). The summed E-state index contributed by atoms with van der Waals surface area (Å²) < 4.78 is 0. The van der Waals surface area contributed by atoms with Crippen molar-refractivity contribution in [3.05, 3.63) is 11.9 Å². The summed E-state index contributed by atoms with van der Waals surface area (Å²) in [6, 6.07) is 2.03. The van der Waals surface area contributed by atoms with Gasteiger partial charge in [0.2, 0.25) is 0 Å². The zero-order chi connectivity index (χ0) is 15.4. The summed E-state index contributed by atoms with van der Waals surface area (Å²) in [4.78, 5) is 11.6. The third kappa shape index (κ3) is 4.06. The molecule has 1 saturated heterocycles. The number of aliphatic hydroxyl groups excluding tert-OH is 1. The lowest BCUT2D eigenvalue weighted by atomic mass is 9.97. The van der Waals surface area contributed by atoms with Crippen molar-refractivity contribution < 1.29 is 5.11 Å². The normalized spacial score (nSPS) is 22.7. The minimum atomic E-state index is -0.189. The molecule has 0 aliphatic carbocycles. The molecular formula is C16H28N4O. The Morgan fingerprint density at radius 2 is 2.19 bits per heavy atom. The molecule has 2 unspecified atom stereocenters. The van der Waals surface area contributed by atoms with Gasteiger partial charge < -0.3 is 15.3 Å². The highest BCUT2D eigenvalue weighted by atomic mass is 16.3. The third-order valence-electron chi connectivity index (χ3n) is 3.99. The van der Waals surface area contributed by atoms with Crippen LogP contribution in [0.3, 0.4) is 0 Å². The fraction of sp³-hybridized carbons (Fsp3) is 0.750. The van der Waals surface area contributed by atoms with Crippen LogP contribution in [-0.2, 0) is 0 Å². The van der Waals surface area contributed by atoms with Crippen LogP contribution in [0.2, 0.25) is 0 Å². The van der Waals surface area contributed by atoms with E-state index in [0.717, 1.165) is 49.9 Å². The van der Waals surface area contributed by atoms with Crippen LogP contribution < -0.4 is 10.2 Å². The topological polar surface area (TPSA) is 61.3 Å². The van der Waals surface area contributed by atoms with Gasteiger partial charge in [0.15, 0.2) is 0 Å². The summed E-state index contributed by atoms with van der Waals surface area (Å²) in [5.74, 6) is 3.35. The first-order valence-corrected chi connectivity index (χ1v) is 8.07. The van der Waals surface area contributed by atoms with Gasteiger partial charge in [-0.2, -0.15) is 0 Å². The largest absolute Gasteiger partial charge is 0.393 e. The van der Waals surface area contributed by atoms with E-state index in [4.69, 9.17) is 4.98 Å². The number of hydrogen-bond donors (Lipinski definition) is 2. The van der Waals surface area contributed by atoms with Crippen LogP contribution in [0, 0.1) is 5.92 Å². The van der Waals surface area contributed by atoms with Crippen LogP contribution in [0.25, 0.3) is 0 Å². The molecule has 2 N–H and O–H groups in total. The number of piperidine rings is 1. The molecule has 1 fully saturated rings. The fourth-order valence-corrected chi connectivity index (χ4v) is 2.56. The third-order valence-corrected chi connectivity index (χ3v) is 3.99. The standard InChI is InChI=1S/C16H28N4O/c1-5-7-17-14-9-15(19-16(18-14)11(2)3)20-8-6-13(21)12(4)10-20/h9,11-13,21H,5-8,10H2,1-4H3,(H,17,18,19). The monoisotopic (exact) mass is 292 g/mol. The number of nitrogens with zero attached hydrogens (tertiary/aromatic N) is 3. The molecule has 1 aromatic rings. The van der Waals surface area contributed by atoms with E-state index in [1.165, 1.54) is 0 Å². The van der Waals surface area contributed by atoms with Crippen molar-refractivity contribution in [3.63, 3.8) is 0 Å². The number of aliphatic hydroxyl groups is 1. The number of anilines is 2. The van der Waals surface area contributed by atoms with Crippen LogP contribution in [0.15, 0.2) is 6.07 Å². The second-order valence-electron chi connectivity index (χ2n) is 6.33. The van der Waals surface area contributed by atoms with Crippen molar-refractivity contribution in [2.45, 2.75) is 52.6 Å². The molecular weight excluding hydrogens is 264 g/mol. The van der Waals surface area contributed by atoms with Gasteiger partial charge in [-0.15, -0.1) is 0 Å². The molecule has 0 saturated carbocycles. The maximum Gasteiger partial charge on any atom is 0.135 e. The smallest absolute Gasteiger partial charge is 0.135 e. The summed E-state index contributed by atoms with van der Waals surface area (Å²) in [7, 11) is 0. The predicted molar refractivity (Wildman–Crippen MR) is 86.9 cm³/mol. The summed E-state index contributed by atoms with van der Waals surface area (Å²) in [6.07, 6.45) is 1.69. The quantitative estimate of drug-likeness (QED) is 0.873. The summed E-state index contributed by atoms with van der Waals surface area (Å²) >= 11 is 0. The molecule has 0 amide bonds. The maximum atomic E-state index is 9.88. The molecule has 5 nitrogen and oxygen atoms in total. The Balaban J connectivity index is 2.22. The Hall–Kier alpha value is -1.36. The summed E-state index contributed by atoms with van der Waals surface area (Å²) in [5.41, 5.74) is 0. The number of nitrogens with one attached hydrogen (secondary N) is 1. The maximum absolute atomic E-state index is 9.88. The first-order valence-electron chi connectivity index (χ1n) is 8.07. The Labute approximate surface area is 127 Å². The average Bonchev–Trinajstić information content (AvgIpc) is 2.47. The molecule has 5 heteroatoms. The molecule has 2 atom stereocenters. The van der Waals surface area contributed by atoms with Crippen molar-refractivity contribution in [1.29, 1.82) is 0 Å². The highest BCUT2D eigenvalue weighted by molar-refractivity contribution is 5.50. The zero-order valence-electron chi connectivity index (χ0n) is 13.6. The lowest BCUT2D eigenvalue weighted by Gasteiger charge is -2.35. The van der Waals surface area contributed by atoms with E-state index in [9.17, 15) is 5.11 Å². The van der Waals surface area contributed by atoms with Gasteiger partial charge in [0.1, 0.15) is 17.5 Å². The van der Waals surface area contributed by atoms with Gasteiger partial charge in [0.25, 0.3) is 0 Å². The molecule has 0 bridgehead atoms. The first kappa shape index (κ1) is 16.0. The minimum Gasteiger partial charge on any atom is -0.393 e. The molecule has 0 spiro atoms. The van der Waals surface area contributed by atoms with Gasteiger partial charge in [0.05, 0.1) is 6.10 Å². The minimum absolute atomic E-state index is 0.189. The van der Waals surface area contributed by atoms with Crippen LogP contribution in [0.4, 0.5) is 11.6 Å². The molecule has 0 radical (unpaired) electrons. The van der Waals surface area contributed by atoms with Gasteiger partial charge in [-0.05, 0) is 18.8 Å². The zero-order valence-corrected chi connectivity index (χ0v) is 13.6. The molecule has 1 aliphatic heterocycles. The van der Waals surface area contributed by atoms with Gasteiger partial charge in [0, 0.05) is 31.6 Å². The molecule has 1 aliphatic rings. The highest BCUT2D eigenvalue weighted by Gasteiger charge is 2.25. The molecule has 118 valence electrons. The number of hydrogen-bond acceptors (Lipinski definition) is 5. The van der Waals surface area contributed by atoms with Crippen LogP contribution in [-0.4, -0.2) is 40.8 Å². The Bertz CT molecular complexity index is 464. The fourth-order valence-electron chi connectivity index (χ4n) is 2.56.